The van der Waals surface area contributed by atoms with Crippen LogP contribution in [0.1, 0.15) is 0 Å². The molecule has 1 aromatic heterocycles. The fourth-order valence-electron chi connectivity index (χ4n) is 1.12. The molecule has 9 heteroatoms. The van der Waals surface area contributed by atoms with Gasteiger partial charge in [0.2, 0.25) is 5.52 Å². The Bertz CT molecular complexity index is 634. The third-order valence-electron chi connectivity index (χ3n) is 1.72. The lowest BCUT2D eigenvalue weighted by atomic mass is 10.3. The molecule has 0 N–H and O–H groups in total. The van der Waals surface area contributed by atoms with Crippen molar-refractivity contribution >= 4 is 21.2 Å². The highest BCUT2D eigenvalue weighted by atomic mass is 32.2. The predicted molar refractivity (Wildman–Crippen MR) is 40.9 cm³/mol. The van der Waals surface area contributed by atoms with E-state index >= 15 is 0 Å². The maximum Gasteiger partial charge on any atom is 0.285 e. The van der Waals surface area contributed by atoms with Crippen molar-refractivity contribution in [1.29, 1.82) is 0 Å². The highest BCUT2D eigenvalue weighted by Gasteiger charge is 2.22. The summed E-state index contributed by atoms with van der Waals surface area (Å²) in [6, 6.07) is 1.40. The standard InChI is InChI=1S/C6H3FN2O5S/c7-3-1-2-4(15(11,12)13)6-5(3)8-14-9(6)10/h1-2H,(H,11,12,13)/p-1. The second-order valence-corrected chi connectivity index (χ2v) is 3.97. The Morgan fingerprint density at radius 2 is 2.13 bits per heavy atom. The zero-order chi connectivity index (χ0) is 11.2. The second-order valence-electron chi connectivity index (χ2n) is 2.63. The average molecular weight is 233 g/mol. The number of hydrogen-bond donors (Lipinski definition) is 0. The van der Waals surface area contributed by atoms with Crippen molar-refractivity contribution in [2.45, 2.75) is 4.90 Å². The topological polar surface area (TPSA) is 110 Å². The zero-order valence-corrected chi connectivity index (χ0v) is 7.69. The van der Waals surface area contributed by atoms with Crippen LogP contribution in [0.4, 0.5) is 4.39 Å². The zero-order valence-electron chi connectivity index (χ0n) is 6.88. The fourth-order valence-corrected chi connectivity index (χ4v) is 1.76. The molecular formula is C6H2FN2O5S-. The van der Waals surface area contributed by atoms with Crippen LogP contribution >= 0.6 is 0 Å². The molecule has 1 heterocycles. The third-order valence-corrected chi connectivity index (χ3v) is 2.59. The second kappa shape index (κ2) is 2.87. The van der Waals surface area contributed by atoms with Crippen LogP contribution in [0.15, 0.2) is 21.7 Å². The maximum absolute atomic E-state index is 13.0. The molecule has 0 aliphatic heterocycles. The quantitative estimate of drug-likeness (QED) is 0.485. The molecular weight excluding hydrogens is 231 g/mol. The van der Waals surface area contributed by atoms with E-state index in [1.165, 1.54) is 0 Å². The number of nitrogens with zero attached hydrogens (tertiary/aromatic N) is 2. The normalized spacial score (nSPS) is 12.1. The first kappa shape index (κ1) is 9.80. The molecule has 0 radical (unpaired) electrons. The van der Waals surface area contributed by atoms with Crippen molar-refractivity contribution in [3.8, 4) is 0 Å². The largest absolute Gasteiger partial charge is 0.744 e. The van der Waals surface area contributed by atoms with E-state index in [2.05, 4.69) is 9.79 Å². The highest BCUT2D eigenvalue weighted by Crippen LogP contribution is 2.20. The molecule has 0 bridgehead atoms. The van der Waals surface area contributed by atoms with E-state index in [-0.39, 0.29) is 4.90 Å². The van der Waals surface area contributed by atoms with E-state index in [9.17, 15) is 22.6 Å². The molecule has 1 aromatic carbocycles. The number of benzene rings is 1. The summed E-state index contributed by atoms with van der Waals surface area (Å²) < 4.78 is 49.1. The van der Waals surface area contributed by atoms with Crippen LogP contribution < -0.4 is 4.90 Å². The molecule has 0 fully saturated rings. The summed E-state index contributed by atoms with van der Waals surface area (Å²) in [5, 5.41) is 13.9. The van der Waals surface area contributed by atoms with Gasteiger partial charge in [-0.25, -0.2) is 12.8 Å². The number of aromatic nitrogens is 2. The van der Waals surface area contributed by atoms with Crippen molar-refractivity contribution in [3.05, 3.63) is 23.2 Å². The maximum atomic E-state index is 13.0. The Labute approximate surface area is 82.0 Å². The smallest absolute Gasteiger partial charge is 0.285 e. The van der Waals surface area contributed by atoms with Gasteiger partial charge in [-0.2, -0.15) is 0 Å². The van der Waals surface area contributed by atoms with Crippen LogP contribution in [-0.4, -0.2) is 18.1 Å². The number of halogens is 1. The molecule has 0 saturated carbocycles. The predicted octanol–water partition coefficient (Wildman–Crippen LogP) is -0.496. The van der Waals surface area contributed by atoms with Gasteiger partial charge in [0.25, 0.3) is 5.52 Å². The first-order valence-corrected chi connectivity index (χ1v) is 4.96. The molecule has 2 aromatic rings. The van der Waals surface area contributed by atoms with E-state index in [1.54, 1.807) is 0 Å². The summed E-state index contributed by atoms with van der Waals surface area (Å²) in [6.07, 6.45) is 0. The van der Waals surface area contributed by atoms with Gasteiger partial charge in [0.05, 0.1) is 0 Å². The first-order valence-electron chi connectivity index (χ1n) is 3.55. The lowest BCUT2D eigenvalue weighted by Gasteiger charge is -2.05. The number of fused-ring (bicyclic) bond motifs is 1. The third kappa shape index (κ3) is 1.41. The van der Waals surface area contributed by atoms with Gasteiger partial charge < -0.3 is 9.76 Å². The summed E-state index contributed by atoms with van der Waals surface area (Å²) in [5.41, 5.74) is -1.33. The average Bonchev–Trinajstić information content (AvgIpc) is 2.48. The SMILES string of the molecule is O=S(=O)([O-])c1ccc(F)c2no[n+]([O-])c12. The van der Waals surface area contributed by atoms with E-state index in [1.807, 2.05) is 0 Å². The molecule has 0 atom stereocenters. The lowest BCUT2D eigenvalue weighted by molar-refractivity contribution is -0.783. The molecule has 2 rings (SSSR count). The Morgan fingerprint density at radius 1 is 1.47 bits per heavy atom. The number of hydrogen-bond acceptors (Lipinski definition) is 6. The highest BCUT2D eigenvalue weighted by molar-refractivity contribution is 7.86. The number of rotatable bonds is 1. The molecule has 7 nitrogen and oxygen atoms in total. The molecule has 0 amide bonds. The van der Waals surface area contributed by atoms with E-state index in [4.69, 9.17) is 0 Å². The van der Waals surface area contributed by atoms with Crippen LogP contribution in [0.25, 0.3) is 11.0 Å². The van der Waals surface area contributed by atoms with E-state index in [0.29, 0.717) is 6.07 Å². The Hall–Kier alpha value is -1.74. The fraction of sp³-hybridized carbons (Fsp3) is 0. The Kier molecular flexibility index (Phi) is 1.88. The van der Waals surface area contributed by atoms with Gasteiger partial charge in [0.1, 0.15) is 15.0 Å². The van der Waals surface area contributed by atoms with Gasteiger partial charge in [-0.05, 0) is 17.0 Å². The van der Waals surface area contributed by atoms with Gasteiger partial charge in [0.15, 0.2) is 5.82 Å². The minimum Gasteiger partial charge on any atom is -0.744 e. The van der Waals surface area contributed by atoms with E-state index in [0.717, 1.165) is 6.07 Å². The minimum absolute atomic E-state index is 0.330. The molecule has 0 aliphatic carbocycles. The Balaban J connectivity index is 3.00. The van der Waals surface area contributed by atoms with Crippen molar-refractivity contribution in [2.24, 2.45) is 0 Å². The molecule has 0 spiro atoms. The summed E-state index contributed by atoms with van der Waals surface area (Å²) in [7, 11) is -4.88. The van der Waals surface area contributed by atoms with Gasteiger partial charge in [-0.1, -0.05) is 0 Å². The minimum atomic E-state index is -4.88. The van der Waals surface area contributed by atoms with Crippen molar-refractivity contribution < 1.29 is 26.9 Å². The van der Waals surface area contributed by atoms with Crippen LogP contribution in [0.3, 0.4) is 0 Å². The van der Waals surface area contributed by atoms with Crippen LogP contribution in [0.5, 0.6) is 0 Å². The van der Waals surface area contributed by atoms with Gasteiger partial charge >= 0.3 is 0 Å². The van der Waals surface area contributed by atoms with Gasteiger partial charge in [-0.15, -0.1) is 0 Å². The van der Waals surface area contributed by atoms with Gasteiger partial charge in [0, 0.05) is 5.16 Å². The Morgan fingerprint density at radius 3 is 2.73 bits per heavy atom. The van der Waals surface area contributed by atoms with Crippen molar-refractivity contribution in [3.63, 3.8) is 0 Å². The van der Waals surface area contributed by atoms with Gasteiger partial charge in [-0.3, -0.25) is 4.63 Å². The van der Waals surface area contributed by atoms with Crippen molar-refractivity contribution in [2.75, 3.05) is 0 Å². The van der Waals surface area contributed by atoms with Crippen LogP contribution in [-0.2, 0) is 10.1 Å². The molecule has 0 unspecified atom stereocenters. The molecule has 15 heavy (non-hydrogen) atoms. The molecule has 0 aliphatic rings. The summed E-state index contributed by atoms with van der Waals surface area (Å²) in [6.45, 7) is 0. The monoisotopic (exact) mass is 233 g/mol. The summed E-state index contributed by atoms with van der Waals surface area (Å²) in [4.78, 5) is -1.20. The first-order chi connectivity index (χ1) is 6.91. The lowest BCUT2D eigenvalue weighted by Crippen LogP contribution is -2.24. The van der Waals surface area contributed by atoms with E-state index < -0.39 is 31.9 Å². The summed E-state index contributed by atoms with van der Waals surface area (Å²) >= 11 is 0. The summed E-state index contributed by atoms with van der Waals surface area (Å²) in [5.74, 6) is -0.948. The van der Waals surface area contributed by atoms with Crippen LogP contribution in [0.2, 0.25) is 0 Å². The molecule has 80 valence electrons. The van der Waals surface area contributed by atoms with Crippen molar-refractivity contribution in [1.82, 2.24) is 5.16 Å². The van der Waals surface area contributed by atoms with Crippen LogP contribution in [0, 0.1) is 11.0 Å². The molecule has 0 saturated heterocycles.